The van der Waals surface area contributed by atoms with Crippen molar-refractivity contribution in [1.82, 2.24) is 14.5 Å². The predicted molar refractivity (Wildman–Crippen MR) is 80.5 cm³/mol. The van der Waals surface area contributed by atoms with E-state index in [1.54, 1.807) is 4.31 Å². The standard InChI is InChI=1S/C13H24N4O2S/c1-4-5-10-20(18,19)17-8-6-16(7-9-17)13-11(2)14-15-12(13)3/h4-10H2,1-3H3,(H,14,15). The van der Waals surface area contributed by atoms with Crippen LogP contribution in [0.1, 0.15) is 31.2 Å². The van der Waals surface area contributed by atoms with Crippen LogP contribution in [0.25, 0.3) is 0 Å². The molecule has 2 heterocycles. The molecule has 1 saturated heterocycles. The van der Waals surface area contributed by atoms with Crippen molar-refractivity contribution < 1.29 is 8.42 Å². The number of hydrogen-bond donors (Lipinski definition) is 1. The number of anilines is 1. The molecular formula is C13H24N4O2S. The van der Waals surface area contributed by atoms with E-state index in [-0.39, 0.29) is 5.75 Å². The highest BCUT2D eigenvalue weighted by molar-refractivity contribution is 7.89. The molecule has 1 aromatic heterocycles. The van der Waals surface area contributed by atoms with Gasteiger partial charge in [0.15, 0.2) is 0 Å². The van der Waals surface area contributed by atoms with Gasteiger partial charge in [-0.3, -0.25) is 5.10 Å². The van der Waals surface area contributed by atoms with E-state index >= 15 is 0 Å². The summed E-state index contributed by atoms with van der Waals surface area (Å²) in [6.45, 7) is 8.58. The van der Waals surface area contributed by atoms with Crippen LogP contribution in [0.15, 0.2) is 0 Å². The summed E-state index contributed by atoms with van der Waals surface area (Å²) in [7, 11) is -3.07. The van der Waals surface area contributed by atoms with Crippen LogP contribution in [0.4, 0.5) is 5.69 Å². The Morgan fingerprint density at radius 1 is 1.20 bits per heavy atom. The molecule has 0 unspecified atom stereocenters. The summed E-state index contributed by atoms with van der Waals surface area (Å²) >= 11 is 0. The zero-order valence-corrected chi connectivity index (χ0v) is 13.3. The van der Waals surface area contributed by atoms with Crippen molar-refractivity contribution in [3.63, 3.8) is 0 Å². The number of rotatable bonds is 5. The third-order valence-electron chi connectivity index (χ3n) is 3.79. The van der Waals surface area contributed by atoms with E-state index in [1.807, 2.05) is 20.8 Å². The molecule has 0 saturated carbocycles. The Balaban J connectivity index is 1.99. The van der Waals surface area contributed by atoms with Gasteiger partial charge < -0.3 is 4.90 Å². The summed E-state index contributed by atoms with van der Waals surface area (Å²) in [4.78, 5) is 2.22. The molecule has 0 bridgehead atoms. The van der Waals surface area contributed by atoms with E-state index in [9.17, 15) is 8.42 Å². The monoisotopic (exact) mass is 300 g/mol. The highest BCUT2D eigenvalue weighted by Gasteiger charge is 2.27. The fourth-order valence-corrected chi connectivity index (χ4v) is 4.29. The highest BCUT2D eigenvalue weighted by Crippen LogP contribution is 2.24. The zero-order chi connectivity index (χ0) is 14.8. The molecule has 1 N–H and O–H groups in total. The first-order valence-corrected chi connectivity index (χ1v) is 8.81. The first-order chi connectivity index (χ1) is 9.45. The van der Waals surface area contributed by atoms with E-state index in [0.29, 0.717) is 13.1 Å². The van der Waals surface area contributed by atoms with Crippen LogP contribution in [0, 0.1) is 13.8 Å². The molecule has 6 nitrogen and oxygen atoms in total. The number of hydrogen-bond acceptors (Lipinski definition) is 4. The number of aryl methyl sites for hydroxylation is 2. The molecule has 0 amide bonds. The van der Waals surface area contributed by atoms with Gasteiger partial charge in [0.05, 0.1) is 22.8 Å². The Kier molecular flexibility index (Phi) is 4.70. The highest BCUT2D eigenvalue weighted by atomic mass is 32.2. The molecule has 20 heavy (non-hydrogen) atoms. The maximum atomic E-state index is 12.2. The van der Waals surface area contributed by atoms with Gasteiger partial charge in [0.25, 0.3) is 0 Å². The first kappa shape index (κ1) is 15.3. The Bertz CT molecular complexity index is 525. The van der Waals surface area contributed by atoms with Gasteiger partial charge in [-0.1, -0.05) is 13.3 Å². The molecule has 1 aliphatic heterocycles. The van der Waals surface area contributed by atoms with Crippen LogP contribution in [0.5, 0.6) is 0 Å². The lowest BCUT2D eigenvalue weighted by molar-refractivity contribution is 0.384. The Hall–Kier alpha value is -1.08. The summed E-state index contributed by atoms with van der Waals surface area (Å²) in [5.41, 5.74) is 3.14. The van der Waals surface area contributed by atoms with Gasteiger partial charge in [-0.25, -0.2) is 8.42 Å². The molecule has 1 fully saturated rings. The van der Waals surface area contributed by atoms with Crippen molar-refractivity contribution >= 4 is 15.7 Å². The normalized spacial score (nSPS) is 17.6. The summed E-state index contributed by atoms with van der Waals surface area (Å²) in [6, 6.07) is 0. The van der Waals surface area contributed by atoms with Crippen LogP contribution in [-0.4, -0.2) is 54.9 Å². The van der Waals surface area contributed by atoms with Gasteiger partial charge in [0.1, 0.15) is 0 Å². The number of aromatic nitrogens is 2. The number of nitrogens with zero attached hydrogens (tertiary/aromatic N) is 3. The molecule has 2 rings (SSSR count). The molecule has 0 radical (unpaired) electrons. The molecule has 0 spiro atoms. The Labute approximate surface area is 121 Å². The predicted octanol–water partition coefficient (Wildman–Crippen LogP) is 1.28. The van der Waals surface area contributed by atoms with Gasteiger partial charge in [-0.15, -0.1) is 0 Å². The van der Waals surface area contributed by atoms with Crippen molar-refractivity contribution in [2.45, 2.75) is 33.6 Å². The number of nitrogens with one attached hydrogen (secondary N) is 1. The van der Waals surface area contributed by atoms with Crippen LogP contribution in [0.2, 0.25) is 0 Å². The molecule has 1 aromatic rings. The zero-order valence-electron chi connectivity index (χ0n) is 12.5. The minimum Gasteiger partial charge on any atom is -0.366 e. The number of aromatic amines is 1. The van der Waals surface area contributed by atoms with Crippen LogP contribution in [0.3, 0.4) is 0 Å². The van der Waals surface area contributed by atoms with Crippen LogP contribution >= 0.6 is 0 Å². The van der Waals surface area contributed by atoms with E-state index in [0.717, 1.165) is 43.0 Å². The average Bonchev–Trinajstić information content (AvgIpc) is 2.76. The topological polar surface area (TPSA) is 69.3 Å². The van der Waals surface area contributed by atoms with Crippen molar-refractivity contribution in [3.05, 3.63) is 11.4 Å². The lowest BCUT2D eigenvalue weighted by atomic mass is 10.2. The molecule has 0 atom stereocenters. The second-order valence-corrected chi connectivity index (χ2v) is 7.43. The van der Waals surface area contributed by atoms with Gasteiger partial charge >= 0.3 is 0 Å². The largest absolute Gasteiger partial charge is 0.366 e. The average molecular weight is 300 g/mol. The third kappa shape index (κ3) is 3.15. The molecule has 1 aliphatic rings. The molecule has 114 valence electrons. The van der Waals surface area contributed by atoms with Gasteiger partial charge in [-0.2, -0.15) is 9.40 Å². The van der Waals surface area contributed by atoms with Crippen LogP contribution in [-0.2, 0) is 10.0 Å². The van der Waals surface area contributed by atoms with Crippen molar-refractivity contribution in [1.29, 1.82) is 0 Å². The van der Waals surface area contributed by atoms with E-state index < -0.39 is 10.0 Å². The van der Waals surface area contributed by atoms with Gasteiger partial charge in [0, 0.05) is 26.2 Å². The van der Waals surface area contributed by atoms with Crippen LogP contribution < -0.4 is 4.90 Å². The molecule has 0 aromatic carbocycles. The van der Waals surface area contributed by atoms with E-state index in [1.165, 1.54) is 0 Å². The minimum atomic E-state index is -3.07. The quantitative estimate of drug-likeness (QED) is 0.889. The Morgan fingerprint density at radius 3 is 2.35 bits per heavy atom. The third-order valence-corrected chi connectivity index (χ3v) is 5.75. The summed E-state index contributed by atoms with van der Waals surface area (Å²) in [6.07, 6.45) is 1.65. The fourth-order valence-electron chi connectivity index (χ4n) is 2.66. The maximum Gasteiger partial charge on any atom is 0.214 e. The fraction of sp³-hybridized carbons (Fsp3) is 0.769. The first-order valence-electron chi connectivity index (χ1n) is 7.20. The molecular weight excluding hydrogens is 276 g/mol. The summed E-state index contributed by atoms with van der Waals surface area (Å²) < 4.78 is 25.9. The SMILES string of the molecule is CCCCS(=O)(=O)N1CCN(c2c(C)n[nH]c2C)CC1. The maximum absolute atomic E-state index is 12.2. The lowest BCUT2D eigenvalue weighted by Gasteiger charge is -2.35. The molecule has 0 aliphatic carbocycles. The number of sulfonamides is 1. The van der Waals surface area contributed by atoms with E-state index in [2.05, 4.69) is 15.1 Å². The number of H-pyrrole nitrogens is 1. The Morgan fingerprint density at radius 2 is 1.85 bits per heavy atom. The van der Waals surface area contributed by atoms with Gasteiger partial charge in [-0.05, 0) is 20.3 Å². The summed E-state index contributed by atoms with van der Waals surface area (Å²) in [5, 5.41) is 7.18. The lowest BCUT2D eigenvalue weighted by Crippen LogP contribution is -2.49. The number of unbranched alkanes of at least 4 members (excludes halogenated alkanes) is 1. The number of piperazine rings is 1. The second-order valence-electron chi connectivity index (χ2n) is 5.34. The minimum absolute atomic E-state index is 0.271. The molecule has 7 heteroatoms. The van der Waals surface area contributed by atoms with Crippen molar-refractivity contribution in [2.75, 3.05) is 36.8 Å². The summed E-state index contributed by atoms with van der Waals surface area (Å²) in [5.74, 6) is 0.271. The van der Waals surface area contributed by atoms with Crippen molar-refractivity contribution in [3.8, 4) is 0 Å². The smallest absolute Gasteiger partial charge is 0.214 e. The second kappa shape index (κ2) is 6.13. The van der Waals surface area contributed by atoms with Gasteiger partial charge in [0.2, 0.25) is 10.0 Å². The van der Waals surface area contributed by atoms with Crippen molar-refractivity contribution in [2.24, 2.45) is 0 Å². The van der Waals surface area contributed by atoms with E-state index in [4.69, 9.17) is 0 Å².